The standard InChI is InChI=1S/C74H126N2O55/c1-17(86)75-30-41(97)55(26(13-84)113-63(30)74(3,4)5)124-64-31(76-18(2)87)42(98)56(27(14-85)121-64)125-69-54(110)58(127-72-62(49(105)38(94)24(11-82)119-72)131-73-61(48(104)37(93)25(12-83)120-73)130-68-52(108)45(101)34(90)21(8-79)116-68)40(96)29(123-69)15-111-65-53(109)57(126-71-60(47(103)36(92)23(10-81)118-71)129-67-51(107)44(100)33(89)20(7-78)115-67)39(95)28(122-65)16-112-70-59(46(102)35(91)22(9-80)117-70)128-66-50(106)43(99)32(88)19(6-77)114-66/h19-73,77-85,88-110H,6-16H2,1-5H3,(H,75,86)(H,76,87)/t19?,20-,21-,22?,23-,24-,25-,26?,27?,28?,29?,30?,31?,32+,33+,34+,35+,36+,37+,38+,39+,40+,41+,42+,43-,44?,45?,46-,47?,48?,49?,50?,51?,52?,53?,54?,55+,56+,57-,58-,59?,60?,61?,62?,63+,64-,65-,66+,67+,68+,69-,70+,71+,72+,73+/m0/s1. The van der Waals surface area contributed by atoms with Gasteiger partial charge in [-0.2, -0.15) is 0 Å². The quantitative estimate of drug-likeness (QED) is 0.0290. The summed E-state index contributed by atoms with van der Waals surface area (Å²) in [7, 11) is 0. The highest BCUT2D eigenvalue weighted by Gasteiger charge is 2.63. The molecule has 57 heteroatoms. The lowest BCUT2D eigenvalue weighted by Crippen LogP contribution is -2.71. The first-order valence-electron chi connectivity index (χ1n) is 42.2. The number of carbonyl (C=O) groups is 2. The molecule has 2 amide bonds. The second-order valence-corrected chi connectivity index (χ2v) is 34.7. The average molecular weight is 1920 g/mol. The van der Waals surface area contributed by atoms with Crippen LogP contribution in [0.1, 0.15) is 34.6 Å². The number of aliphatic hydroxyl groups is 32. The van der Waals surface area contributed by atoms with Crippen LogP contribution >= 0.6 is 0 Å². The van der Waals surface area contributed by atoms with E-state index in [0.717, 1.165) is 13.8 Å². The molecule has 0 aliphatic carbocycles. The van der Waals surface area contributed by atoms with E-state index in [9.17, 15) is 173 Å². The Morgan fingerprint density at radius 3 is 0.786 bits per heavy atom. The summed E-state index contributed by atoms with van der Waals surface area (Å²) in [5.41, 5.74) is -0.872. The van der Waals surface area contributed by atoms with Crippen LogP contribution in [0.15, 0.2) is 0 Å². The van der Waals surface area contributed by atoms with Gasteiger partial charge in [-0.05, 0) is 5.41 Å². The minimum absolute atomic E-state index is 0.662. The van der Waals surface area contributed by atoms with E-state index in [2.05, 4.69) is 10.6 Å². The van der Waals surface area contributed by atoms with Crippen molar-refractivity contribution in [2.75, 3.05) is 72.7 Å². The summed E-state index contributed by atoms with van der Waals surface area (Å²) in [6.45, 7) is -5.42. The van der Waals surface area contributed by atoms with Gasteiger partial charge in [0, 0.05) is 13.8 Å². The summed E-state index contributed by atoms with van der Waals surface area (Å²) in [4.78, 5) is 25.9. The van der Waals surface area contributed by atoms with Gasteiger partial charge in [-0.1, -0.05) is 20.8 Å². The molecule has 11 heterocycles. The molecule has 762 valence electrons. The highest BCUT2D eigenvalue weighted by molar-refractivity contribution is 5.73. The van der Waals surface area contributed by atoms with Crippen LogP contribution in [-0.2, 0) is 109 Å². The largest absolute Gasteiger partial charge is 0.394 e. The summed E-state index contributed by atoms with van der Waals surface area (Å²) < 4.78 is 125. The van der Waals surface area contributed by atoms with Crippen molar-refractivity contribution in [2.45, 2.75) is 372 Å². The Balaban J connectivity index is 0.966. The van der Waals surface area contributed by atoms with Gasteiger partial charge in [-0.3, -0.25) is 9.59 Å². The Bertz CT molecular complexity index is 3490. The van der Waals surface area contributed by atoms with Crippen LogP contribution in [0.2, 0.25) is 0 Å². The molecule has 57 nitrogen and oxygen atoms in total. The van der Waals surface area contributed by atoms with Crippen molar-refractivity contribution in [3.63, 3.8) is 0 Å². The predicted molar refractivity (Wildman–Crippen MR) is 403 cm³/mol. The first-order chi connectivity index (χ1) is 61.9. The zero-order chi connectivity index (χ0) is 96.5. The van der Waals surface area contributed by atoms with E-state index < -0.39 is 427 Å². The fourth-order valence-corrected chi connectivity index (χ4v) is 17.2. The lowest BCUT2D eigenvalue weighted by atomic mass is 9.78. The maximum Gasteiger partial charge on any atom is 0.217 e. The lowest BCUT2D eigenvalue weighted by molar-refractivity contribution is -0.408. The first kappa shape index (κ1) is 108. The summed E-state index contributed by atoms with van der Waals surface area (Å²) in [6, 6.07) is -3.26. The molecule has 11 aliphatic rings. The van der Waals surface area contributed by atoms with Crippen molar-refractivity contribution in [1.82, 2.24) is 10.6 Å². The van der Waals surface area contributed by atoms with E-state index in [0.29, 0.717) is 0 Å². The van der Waals surface area contributed by atoms with Crippen LogP contribution in [0.5, 0.6) is 0 Å². The molecule has 0 bridgehead atoms. The van der Waals surface area contributed by atoms with E-state index in [1.165, 1.54) is 0 Å². The summed E-state index contributed by atoms with van der Waals surface area (Å²) in [5, 5.41) is 364. The van der Waals surface area contributed by atoms with Gasteiger partial charge < -0.3 is 274 Å². The number of amides is 2. The van der Waals surface area contributed by atoms with Crippen molar-refractivity contribution in [1.29, 1.82) is 0 Å². The normalized spacial score (nSPS) is 50.9. The summed E-state index contributed by atoms with van der Waals surface area (Å²) >= 11 is 0. The van der Waals surface area contributed by atoms with Gasteiger partial charge in [0.1, 0.15) is 262 Å². The van der Waals surface area contributed by atoms with E-state index >= 15 is 0 Å². The molecule has 11 saturated heterocycles. The number of aliphatic hydroxyl groups excluding tert-OH is 32. The molecule has 0 aromatic rings. The molecule has 0 aromatic carbocycles. The molecule has 0 saturated carbocycles. The van der Waals surface area contributed by atoms with E-state index in [1.807, 2.05) is 0 Å². The van der Waals surface area contributed by atoms with Crippen molar-refractivity contribution in [3.8, 4) is 0 Å². The maximum atomic E-state index is 13.3. The highest BCUT2D eigenvalue weighted by atomic mass is 16.8. The third-order valence-corrected chi connectivity index (χ3v) is 24.7. The number of carbonyl (C=O) groups excluding carboxylic acids is 2. The fraction of sp³-hybridized carbons (Fsp3) is 0.973. The minimum Gasteiger partial charge on any atom is -0.394 e. The SMILES string of the molecule is CC(=O)NC1[C@H](O[C@@H]2C(CO)O[C@@H](C(C)(C)C)C(NC(C)=O)[C@H]2O)OC(CO)[C@@H](O[C@@H]2OC(CO[C@H]3OC(CO[C@@H]4OC(CO)[C@@H](O)[C@H](O)C4O[C@H]4OC(CO)[C@@H](O)[C@H](O)C4O)[C@@H](O)[C@H](O[C@H]4O[C@@H](CO)[C@@H](O)C(O)C4O[C@H]4O[C@@H](CO)[C@@H](O)C(O)C4O)C3O)[C@@H](O)[C@H](O[C@H]3O[C@@H](CO)[C@@H](O)C(O)C3O[C@H]3O[C@@H](CO)[C@@H](O)C(O)C3O[C@H]3O[C@@H](CO)[C@@H](O)C(O)C3O)C2O)[C@@H]1O. The van der Waals surface area contributed by atoms with Crippen LogP contribution in [0, 0.1) is 5.41 Å². The molecule has 11 fully saturated rings. The summed E-state index contributed by atoms with van der Waals surface area (Å²) in [5.74, 6) is -1.62. The second-order valence-electron chi connectivity index (χ2n) is 34.7. The second kappa shape index (κ2) is 46.5. The molecular formula is C74H126N2O55. The van der Waals surface area contributed by atoms with Crippen molar-refractivity contribution >= 4 is 11.8 Å². The average Bonchev–Trinajstić information content (AvgIpc) is 0.750. The molecule has 55 atom stereocenters. The Morgan fingerprint density at radius 2 is 0.450 bits per heavy atom. The number of hydrogen-bond donors (Lipinski definition) is 34. The highest BCUT2D eigenvalue weighted by Crippen LogP contribution is 2.43. The molecule has 11 rings (SSSR count). The van der Waals surface area contributed by atoms with Crippen LogP contribution < -0.4 is 10.6 Å². The molecule has 22 unspecified atom stereocenters. The minimum atomic E-state index is -2.68. The molecule has 0 radical (unpaired) electrons. The van der Waals surface area contributed by atoms with Crippen LogP contribution in [0.3, 0.4) is 0 Å². The maximum absolute atomic E-state index is 13.3. The van der Waals surface area contributed by atoms with E-state index in [-0.39, 0.29) is 0 Å². The van der Waals surface area contributed by atoms with Gasteiger partial charge in [0.25, 0.3) is 0 Å². The van der Waals surface area contributed by atoms with Gasteiger partial charge >= 0.3 is 0 Å². The Hall–Kier alpha value is -3.18. The topological polar surface area (TPSA) is 899 Å². The number of hydrogen-bond acceptors (Lipinski definition) is 55. The lowest BCUT2D eigenvalue weighted by Gasteiger charge is -2.52. The number of ether oxygens (including phenoxy) is 21. The van der Waals surface area contributed by atoms with Crippen molar-refractivity contribution in [3.05, 3.63) is 0 Å². The fourth-order valence-electron chi connectivity index (χ4n) is 17.2. The van der Waals surface area contributed by atoms with Gasteiger partial charge in [-0.25, -0.2) is 0 Å². The Kier molecular flexibility index (Phi) is 38.4. The van der Waals surface area contributed by atoms with Crippen molar-refractivity contribution in [2.24, 2.45) is 5.41 Å². The number of rotatable bonds is 33. The third-order valence-electron chi connectivity index (χ3n) is 24.7. The van der Waals surface area contributed by atoms with Gasteiger partial charge in [0.05, 0.1) is 84.8 Å². The molecule has 131 heavy (non-hydrogen) atoms. The smallest absolute Gasteiger partial charge is 0.217 e. The van der Waals surface area contributed by atoms with E-state index in [4.69, 9.17) is 99.5 Å². The van der Waals surface area contributed by atoms with Gasteiger partial charge in [-0.15, -0.1) is 0 Å². The first-order valence-corrected chi connectivity index (χ1v) is 42.2. The van der Waals surface area contributed by atoms with Crippen LogP contribution in [0.25, 0.3) is 0 Å². The van der Waals surface area contributed by atoms with Crippen molar-refractivity contribution < 1.29 is 272 Å². The molecule has 34 N–H and O–H groups in total. The van der Waals surface area contributed by atoms with Gasteiger partial charge in [0.2, 0.25) is 11.8 Å². The number of nitrogens with one attached hydrogen (secondary N) is 2. The van der Waals surface area contributed by atoms with Crippen LogP contribution in [-0.4, -0.2) is 585 Å². The molecular weight excluding hydrogens is 1800 g/mol. The zero-order valence-corrected chi connectivity index (χ0v) is 70.7. The van der Waals surface area contributed by atoms with E-state index in [1.54, 1.807) is 20.8 Å². The summed E-state index contributed by atoms with van der Waals surface area (Å²) in [6.07, 6.45) is -115. The van der Waals surface area contributed by atoms with Gasteiger partial charge in [0.15, 0.2) is 62.9 Å². The third kappa shape index (κ3) is 23.4. The Morgan fingerprint density at radius 1 is 0.221 bits per heavy atom. The molecule has 11 aliphatic heterocycles. The molecule has 0 spiro atoms. The van der Waals surface area contributed by atoms with Crippen LogP contribution in [0.4, 0.5) is 0 Å². The monoisotopic (exact) mass is 1920 g/mol. The Labute approximate surface area is 743 Å². The predicted octanol–water partition coefficient (Wildman–Crippen LogP) is -22.6. The molecule has 0 aromatic heterocycles. The zero-order valence-electron chi connectivity index (χ0n) is 70.7.